The Labute approximate surface area is 217 Å². The molecule has 6 heteroatoms. The molecule has 0 fully saturated rings. The molecule has 0 saturated carbocycles. The van der Waals surface area contributed by atoms with Crippen LogP contribution >= 0.6 is 48.0 Å². The average Bonchev–Trinajstić information content (AvgIpc) is 2.68. The highest BCUT2D eigenvalue weighted by Gasteiger charge is 2.15. The van der Waals surface area contributed by atoms with Crippen molar-refractivity contribution in [1.29, 1.82) is 0 Å². The second-order valence-electron chi connectivity index (χ2n) is 10.5. The van der Waals surface area contributed by atoms with Crippen molar-refractivity contribution in [2.24, 2.45) is 23.7 Å². The number of rotatable bonds is 12. The normalized spacial score (nSPS) is 12.9. The first kappa shape index (κ1) is 29.7. The lowest BCUT2D eigenvalue weighted by Crippen LogP contribution is -2.34. The molecule has 0 aromatic heterocycles. The van der Waals surface area contributed by atoms with E-state index in [1.54, 1.807) is 0 Å². The third-order valence-electron chi connectivity index (χ3n) is 4.90. The highest BCUT2D eigenvalue weighted by molar-refractivity contribution is 8.22. The van der Waals surface area contributed by atoms with Crippen LogP contribution in [0.1, 0.15) is 66.5 Å². The molecule has 1 rings (SSSR count). The summed E-state index contributed by atoms with van der Waals surface area (Å²) in [6, 6.07) is 8.90. The van der Waals surface area contributed by atoms with Gasteiger partial charge in [-0.15, -0.1) is 0 Å². The monoisotopic (exact) mass is 516 g/mol. The van der Waals surface area contributed by atoms with E-state index in [2.05, 4.69) is 89.5 Å². The second-order valence-corrected chi connectivity index (χ2v) is 14.3. The zero-order chi connectivity index (χ0) is 24.3. The van der Waals surface area contributed by atoms with Gasteiger partial charge in [0.05, 0.1) is 0 Å². The summed E-state index contributed by atoms with van der Waals surface area (Å²) in [5.74, 6) is 4.61. The molecule has 0 aliphatic carbocycles. The van der Waals surface area contributed by atoms with E-state index >= 15 is 0 Å². The summed E-state index contributed by atoms with van der Waals surface area (Å²) >= 11 is 13.1. The molecule has 0 radical (unpaired) electrons. The fourth-order valence-corrected chi connectivity index (χ4v) is 6.63. The van der Waals surface area contributed by atoms with Crippen LogP contribution in [0, 0.1) is 23.7 Å². The summed E-state index contributed by atoms with van der Waals surface area (Å²) < 4.78 is 2.28. The Morgan fingerprint density at radius 1 is 0.625 bits per heavy atom. The summed E-state index contributed by atoms with van der Waals surface area (Å²) in [6.07, 6.45) is 0. The van der Waals surface area contributed by atoms with E-state index in [1.807, 2.05) is 0 Å². The molecule has 0 unspecified atom stereocenters. The van der Waals surface area contributed by atoms with Gasteiger partial charge < -0.3 is 9.80 Å². The number of hydrogen-bond acceptors (Lipinski definition) is 2. The van der Waals surface area contributed by atoms with Crippen LogP contribution in [0.5, 0.6) is 0 Å². The molecule has 0 heterocycles. The van der Waals surface area contributed by atoms with Gasteiger partial charge in [0.25, 0.3) is 0 Å². The van der Waals surface area contributed by atoms with E-state index in [1.165, 1.54) is 11.1 Å². The molecule has 0 amide bonds. The molecular weight excluding hydrogens is 469 g/mol. The van der Waals surface area contributed by atoms with Crippen molar-refractivity contribution >= 4 is 56.6 Å². The number of nitrogens with zero attached hydrogens (tertiary/aromatic N) is 2. The van der Waals surface area contributed by atoms with E-state index in [4.69, 9.17) is 24.4 Å². The second kappa shape index (κ2) is 15.6. The number of hydrogen-bond donors (Lipinski definition) is 0. The van der Waals surface area contributed by atoms with Crippen LogP contribution in [-0.2, 0) is 11.5 Å². The van der Waals surface area contributed by atoms with Crippen molar-refractivity contribution in [3.63, 3.8) is 0 Å². The Morgan fingerprint density at radius 3 is 1.16 bits per heavy atom. The Hall–Kier alpha value is -0.300. The molecular formula is C26H48N2S4. The minimum Gasteiger partial charge on any atom is -0.359 e. The van der Waals surface area contributed by atoms with E-state index in [0.717, 1.165) is 46.3 Å². The van der Waals surface area contributed by atoms with Crippen molar-refractivity contribution in [1.82, 2.24) is 9.80 Å². The van der Waals surface area contributed by atoms with Crippen LogP contribution in [0.2, 0.25) is 0 Å². The first-order valence-corrected chi connectivity index (χ1v) is 15.3. The lowest BCUT2D eigenvalue weighted by molar-refractivity contribution is 0.337. The van der Waals surface area contributed by atoms with Gasteiger partial charge in [-0.3, -0.25) is 0 Å². The Balaban J connectivity index is 2.76. The average molecular weight is 517 g/mol. The summed E-state index contributed by atoms with van der Waals surface area (Å²) in [6.45, 7) is 22.5. The van der Waals surface area contributed by atoms with Crippen molar-refractivity contribution < 1.29 is 0 Å². The maximum atomic E-state index is 5.89. The van der Waals surface area contributed by atoms with Crippen LogP contribution in [0.4, 0.5) is 0 Å². The fraction of sp³-hybridized carbons (Fsp3) is 0.692. The minimum absolute atomic E-state index is 0.630. The summed E-state index contributed by atoms with van der Waals surface area (Å²) in [5, 5.41) is 0. The molecule has 1 aromatic carbocycles. The predicted molar refractivity (Wildman–Crippen MR) is 162 cm³/mol. The van der Waals surface area contributed by atoms with Gasteiger partial charge in [-0.05, 0) is 34.8 Å². The highest BCUT2D eigenvalue weighted by Crippen LogP contribution is 2.25. The van der Waals surface area contributed by atoms with Gasteiger partial charge in [-0.25, -0.2) is 23.5 Å². The van der Waals surface area contributed by atoms with E-state index in [0.29, 0.717) is 47.2 Å². The number of benzene rings is 1. The lowest BCUT2D eigenvalue weighted by atomic mass is 10.1. The smallest absolute Gasteiger partial charge is 0.114 e. The molecule has 0 saturated heterocycles. The number of thiocarbonyl (C=S) groups is 2. The minimum atomic E-state index is 0.630. The van der Waals surface area contributed by atoms with Gasteiger partial charge in [-0.1, -0.05) is 104 Å². The van der Waals surface area contributed by atoms with Gasteiger partial charge in [0.2, 0.25) is 0 Å². The highest BCUT2D eigenvalue weighted by atomic mass is 32.2. The summed E-state index contributed by atoms with van der Waals surface area (Å²) in [5.41, 5.74) is 2.88. The van der Waals surface area contributed by atoms with Crippen LogP contribution < -0.4 is 0 Å². The van der Waals surface area contributed by atoms with Gasteiger partial charge in [-0.2, -0.15) is 0 Å². The molecule has 0 bridgehead atoms. The molecule has 0 aliphatic rings. The Bertz CT molecular complexity index is 622. The Morgan fingerprint density at radius 2 is 0.906 bits per heavy atom. The van der Waals surface area contributed by atoms with Gasteiger partial charge >= 0.3 is 0 Å². The maximum Gasteiger partial charge on any atom is 0.114 e. The third-order valence-corrected chi connectivity index (χ3v) is 8.63. The molecule has 1 aromatic rings. The molecule has 2 nitrogen and oxygen atoms in total. The zero-order valence-electron chi connectivity index (χ0n) is 21.6. The van der Waals surface area contributed by atoms with Crippen molar-refractivity contribution in [3.8, 4) is 0 Å². The van der Waals surface area contributed by atoms with Gasteiger partial charge in [0.15, 0.2) is 0 Å². The van der Waals surface area contributed by atoms with Crippen LogP contribution in [-0.4, -0.2) is 44.6 Å². The van der Waals surface area contributed by atoms with Crippen LogP contribution in [0.25, 0.3) is 0 Å². The zero-order valence-corrected chi connectivity index (χ0v) is 25.2. The van der Waals surface area contributed by atoms with Crippen LogP contribution in [0.3, 0.4) is 0 Å². The summed E-state index contributed by atoms with van der Waals surface area (Å²) in [7, 11) is 0. The van der Waals surface area contributed by atoms with Crippen LogP contribution in [0.15, 0.2) is 24.3 Å². The predicted octanol–water partition coefficient (Wildman–Crippen LogP) is 6.88. The van der Waals surface area contributed by atoms with Gasteiger partial charge in [0.1, 0.15) is 8.64 Å². The van der Waals surface area contributed by atoms with Gasteiger partial charge in [0, 0.05) is 37.7 Å². The topological polar surface area (TPSA) is 6.48 Å². The molecule has 32 heavy (non-hydrogen) atoms. The van der Waals surface area contributed by atoms with Crippen molar-refractivity contribution in [2.45, 2.75) is 66.9 Å². The van der Waals surface area contributed by atoms with E-state index in [-0.39, 0.29) is 0 Å². The quantitative estimate of drug-likeness (QED) is 0.279. The first-order chi connectivity index (χ1) is 15.0. The Kier molecular flexibility index (Phi) is 14.5. The first-order valence-electron chi connectivity index (χ1n) is 12.1. The molecule has 186 valence electrons. The summed E-state index contributed by atoms with van der Waals surface area (Å²) in [4.78, 5) is 4.89. The van der Waals surface area contributed by atoms with Crippen molar-refractivity contribution in [2.75, 3.05) is 26.2 Å². The van der Waals surface area contributed by atoms with E-state index in [9.17, 15) is 0 Å². The fourth-order valence-electron chi connectivity index (χ4n) is 3.71. The SMILES string of the molecule is CC(C)CN(CC(C)C)C(=S)[SH2]Cc1ccccc1C[SH2]C(=S)N(CC(C)C)CC(C)C. The molecule has 0 atom stereocenters. The molecule has 0 spiro atoms. The van der Waals surface area contributed by atoms with Crippen molar-refractivity contribution in [3.05, 3.63) is 35.4 Å². The standard InChI is InChI=1S/C26H48N2S4/c1-19(2)13-27(14-20(3)4)25(29)31-17-23-11-9-10-12-24(23)18-32-26(30)28(15-21(5)6)16-22(7)8/h9-12,19-22H,13-18,31-32H2,1-8H3. The molecule has 0 aliphatic heterocycles. The van der Waals surface area contributed by atoms with E-state index < -0.39 is 0 Å². The lowest BCUT2D eigenvalue weighted by Gasteiger charge is -2.30. The largest absolute Gasteiger partial charge is 0.359 e. The molecule has 0 N–H and O–H groups in total. The third kappa shape index (κ3) is 12.2. The maximum absolute atomic E-state index is 5.89.